The first-order valence-corrected chi connectivity index (χ1v) is 5.58. The summed E-state index contributed by atoms with van der Waals surface area (Å²) in [5.74, 6) is 0. The molecule has 1 aromatic heterocycles. The Balaban J connectivity index is 1.88. The van der Waals surface area contributed by atoms with E-state index in [0.29, 0.717) is 0 Å². The Bertz CT molecular complexity index is 330. The zero-order chi connectivity index (χ0) is 8.84. The number of aromatic nitrogens is 2. The molecule has 0 atom stereocenters. The highest BCUT2D eigenvalue weighted by Gasteiger charge is 2.32. The molecule has 13 heavy (non-hydrogen) atoms. The van der Waals surface area contributed by atoms with Crippen LogP contribution in [0.15, 0.2) is 10.7 Å². The Labute approximate surface area is 85.8 Å². The number of hydrogen-bond acceptors (Lipinski definition) is 2. The highest BCUT2D eigenvalue weighted by molar-refractivity contribution is 9.10. The largest absolute Gasteiger partial charge is 0.293 e. The van der Waals surface area contributed by atoms with Gasteiger partial charge in [-0.25, -0.2) is 0 Å². The summed E-state index contributed by atoms with van der Waals surface area (Å²) in [6, 6.07) is 0.871. The van der Waals surface area contributed by atoms with Gasteiger partial charge in [0.15, 0.2) is 0 Å². The van der Waals surface area contributed by atoms with Crippen LogP contribution in [0.5, 0.6) is 0 Å². The molecule has 1 aromatic rings. The second-order valence-electron chi connectivity index (χ2n) is 3.86. The molecular weight excluding hydrogens is 230 g/mol. The molecule has 0 saturated heterocycles. The highest BCUT2D eigenvalue weighted by Crippen LogP contribution is 2.31. The molecule has 0 bridgehead atoms. The molecule has 1 fully saturated rings. The normalized spacial score (nSPS) is 23.2. The molecule has 2 aliphatic rings. The fourth-order valence-corrected chi connectivity index (χ4v) is 2.41. The van der Waals surface area contributed by atoms with Gasteiger partial charge in [-0.2, -0.15) is 5.10 Å². The minimum absolute atomic E-state index is 0.871. The Morgan fingerprint density at radius 2 is 2.23 bits per heavy atom. The van der Waals surface area contributed by atoms with Crippen LogP contribution in [0, 0.1) is 0 Å². The van der Waals surface area contributed by atoms with Crippen LogP contribution in [0.3, 0.4) is 0 Å². The van der Waals surface area contributed by atoms with Crippen LogP contribution >= 0.6 is 15.9 Å². The molecule has 70 valence electrons. The zero-order valence-electron chi connectivity index (χ0n) is 7.41. The van der Waals surface area contributed by atoms with E-state index in [2.05, 4.69) is 30.6 Å². The van der Waals surface area contributed by atoms with Gasteiger partial charge < -0.3 is 0 Å². The summed E-state index contributed by atoms with van der Waals surface area (Å²) in [4.78, 5) is 2.57. The lowest BCUT2D eigenvalue weighted by atomic mass is 10.3. The first kappa shape index (κ1) is 8.00. The molecule has 0 radical (unpaired) electrons. The van der Waals surface area contributed by atoms with Crippen molar-refractivity contribution in [1.82, 2.24) is 14.7 Å². The average Bonchev–Trinajstić information content (AvgIpc) is 2.93. The summed E-state index contributed by atoms with van der Waals surface area (Å²) < 4.78 is 3.28. The molecule has 0 aromatic carbocycles. The molecule has 0 amide bonds. The third-order valence-electron chi connectivity index (χ3n) is 2.91. The van der Waals surface area contributed by atoms with Crippen molar-refractivity contribution in [2.24, 2.45) is 0 Å². The molecule has 0 N–H and O–H groups in total. The predicted molar refractivity (Wildman–Crippen MR) is 53.4 cm³/mol. The molecule has 0 unspecified atom stereocenters. The number of fused-ring (bicyclic) bond motifs is 1. The van der Waals surface area contributed by atoms with Gasteiger partial charge in [0.2, 0.25) is 0 Å². The van der Waals surface area contributed by atoms with Gasteiger partial charge in [-0.05, 0) is 28.8 Å². The first-order chi connectivity index (χ1) is 6.34. The Hall–Kier alpha value is -0.350. The minimum atomic E-state index is 0.871. The van der Waals surface area contributed by atoms with Crippen molar-refractivity contribution in [2.45, 2.75) is 32.0 Å². The molecule has 3 nitrogen and oxygen atoms in total. The Morgan fingerprint density at radius 3 is 3.00 bits per heavy atom. The second-order valence-corrected chi connectivity index (χ2v) is 4.72. The number of rotatable bonds is 1. The highest BCUT2D eigenvalue weighted by atomic mass is 79.9. The number of halogens is 1. The maximum absolute atomic E-state index is 4.31. The van der Waals surface area contributed by atoms with Crippen LogP contribution in [-0.2, 0) is 13.1 Å². The zero-order valence-corrected chi connectivity index (χ0v) is 9.00. The van der Waals surface area contributed by atoms with E-state index >= 15 is 0 Å². The lowest BCUT2D eigenvalue weighted by molar-refractivity contribution is 0.203. The van der Waals surface area contributed by atoms with E-state index in [1.165, 1.54) is 25.1 Å². The molecule has 1 aliphatic carbocycles. The number of nitrogens with zero attached hydrogens (tertiary/aromatic N) is 3. The van der Waals surface area contributed by atoms with E-state index in [1.807, 2.05) is 6.20 Å². The van der Waals surface area contributed by atoms with Gasteiger partial charge in [0, 0.05) is 19.1 Å². The maximum Gasteiger partial charge on any atom is 0.0667 e. The summed E-state index contributed by atoms with van der Waals surface area (Å²) in [5, 5.41) is 4.31. The van der Waals surface area contributed by atoms with E-state index in [4.69, 9.17) is 0 Å². The smallest absolute Gasteiger partial charge is 0.0667 e. The SMILES string of the molecule is Brc1cnn2c1CN(C1CC1)CC2. The van der Waals surface area contributed by atoms with Gasteiger partial charge in [-0.3, -0.25) is 9.58 Å². The molecule has 1 aliphatic heterocycles. The van der Waals surface area contributed by atoms with Gasteiger partial charge in [0.05, 0.1) is 22.9 Å². The molecule has 1 saturated carbocycles. The Morgan fingerprint density at radius 1 is 1.38 bits per heavy atom. The predicted octanol–water partition coefficient (Wildman–Crippen LogP) is 1.62. The van der Waals surface area contributed by atoms with Crippen molar-refractivity contribution in [3.63, 3.8) is 0 Å². The molecular formula is C9H12BrN3. The van der Waals surface area contributed by atoms with Crippen molar-refractivity contribution in [1.29, 1.82) is 0 Å². The fourth-order valence-electron chi connectivity index (χ4n) is 1.98. The van der Waals surface area contributed by atoms with Gasteiger partial charge >= 0.3 is 0 Å². The lowest BCUT2D eigenvalue weighted by Gasteiger charge is -2.27. The minimum Gasteiger partial charge on any atom is -0.293 e. The molecule has 3 rings (SSSR count). The molecule has 0 spiro atoms. The number of hydrogen-bond donors (Lipinski definition) is 0. The van der Waals surface area contributed by atoms with Crippen LogP contribution in [0.4, 0.5) is 0 Å². The van der Waals surface area contributed by atoms with Crippen LogP contribution in [0.1, 0.15) is 18.5 Å². The maximum atomic E-state index is 4.31. The van der Waals surface area contributed by atoms with Crippen molar-refractivity contribution in [3.8, 4) is 0 Å². The van der Waals surface area contributed by atoms with Gasteiger partial charge in [-0.15, -0.1) is 0 Å². The summed E-state index contributed by atoms with van der Waals surface area (Å²) in [5.41, 5.74) is 1.35. The molecule has 2 heterocycles. The first-order valence-electron chi connectivity index (χ1n) is 4.79. The van der Waals surface area contributed by atoms with E-state index in [9.17, 15) is 0 Å². The van der Waals surface area contributed by atoms with Gasteiger partial charge in [-0.1, -0.05) is 0 Å². The van der Waals surface area contributed by atoms with E-state index in [-0.39, 0.29) is 0 Å². The summed E-state index contributed by atoms with van der Waals surface area (Å²) in [6.07, 6.45) is 4.70. The van der Waals surface area contributed by atoms with E-state index < -0.39 is 0 Å². The third-order valence-corrected chi connectivity index (χ3v) is 3.58. The fraction of sp³-hybridized carbons (Fsp3) is 0.667. The summed E-state index contributed by atoms with van der Waals surface area (Å²) in [7, 11) is 0. The van der Waals surface area contributed by atoms with E-state index in [1.54, 1.807) is 0 Å². The lowest BCUT2D eigenvalue weighted by Crippen LogP contribution is -2.35. The van der Waals surface area contributed by atoms with Crippen LogP contribution in [0.25, 0.3) is 0 Å². The van der Waals surface area contributed by atoms with Crippen LogP contribution in [0.2, 0.25) is 0 Å². The average molecular weight is 242 g/mol. The monoisotopic (exact) mass is 241 g/mol. The summed E-state index contributed by atoms with van der Waals surface area (Å²) >= 11 is 3.54. The summed E-state index contributed by atoms with van der Waals surface area (Å²) in [6.45, 7) is 3.30. The Kier molecular flexibility index (Phi) is 1.73. The third kappa shape index (κ3) is 1.32. The van der Waals surface area contributed by atoms with Crippen molar-refractivity contribution in [2.75, 3.05) is 6.54 Å². The van der Waals surface area contributed by atoms with Gasteiger partial charge in [0.1, 0.15) is 0 Å². The van der Waals surface area contributed by atoms with Crippen LogP contribution in [-0.4, -0.2) is 27.3 Å². The topological polar surface area (TPSA) is 21.1 Å². The standard InChI is InChI=1S/C9H12BrN3/c10-8-5-11-13-4-3-12(6-9(8)13)7-1-2-7/h5,7H,1-4,6H2. The van der Waals surface area contributed by atoms with Gasteiger partial charge in [0.25, 0.3) is 0 Å². The van der Waals surface area contributed by atoms with Crippen LogP contribution < -0.4 is 0 Å². The second kappa shape index (κ2) is 2.82. The van der Waals surface area contributed by atoms with Crippen molar-refractivity contribution < 1.29 is 0 Å². The van der Waals surface area contributed by atoms with Crippen molar-refractivity contribution >= 4 is 15.9 Å². The quantitative estimate of drug-likeness (QED) is 0.746. The van der Waals surface area contributed by atoms with E-state index in [0.717, 1.165) is 23.6 Å². The molecule has 4 heteroatoms. The van der Waals surface area contributed by atoms with Crippen molar-refractivity contribution in [3.05, 3.63) is 16.4 Å².